The standard InChI is InChI=1S/C15H23N4O8P/c1-18(6-5-13(16)17-10-20)14(21)7-12(24-2)9-26-28-25-8-11-3-4-15(27-11)19(22)23/h3-6,10,12,14,21,28H,7-9H2,1-2H3,(H2,16,17,20)/b6-5-. The van der Waals surface area contributed by atoms with Gasteiger partial charge in [-0.05, 0) is 12.1 Å². The van der Waals surface area contributed by atoms with Crippen molar-refractivity contribution in [3.8, 4) is 0 Å². The van der Waals surface area contributed by atoms with Gasteiger partial charge in [0.05, 0.1) is 18.8 Å². The number of nitro groups is 1. The predicted octanol–water partition coefficient (Wildman–Crippen LogP) is 0.912. The quantitative estimate of drug-likeness (QED) is 0.0649. The van der Waals surface area contributed by atoms with Crippen LogP contribution in [-0.4, -0.2) is 60.3 Å². The molecule has 1 amide bonds. The molecule has 1 rings (SSSR count). The lowest BCUT2D eigenvalue weighted by Gasteiger charge is -2.25. The molecule has 0 aliphatic carbocycles. The second-order valence-electron chi connectivity index (χ2n) is 5.39. The second-order valence-corrected chi connectivity index (χ2v) is 6.14. The SMILES string of the molecule is COC(COPOCc1ccc([N+](=O)[O-])o1)CC(O)N(C)/C=C\C(N)=NC=O. The Labute approximate surface area is 163 Å². The number of rotatable bonds is 14. The minimum absolute atomic E-state index is 0.0147. The molecule has 0 radical (unpaired) electrons. The Morgan fingerprint density at radius 3 is 2.89 bits per heavy atom. The van der Waals surface area contributed by atoms with Crippen LogP contribution in [-0.2, 0) is 25.2 Å². The number of carbonyl (C=O) groups is 1. The normalized spacial score (nSPS) is 14.6. The number of furan rings is 1. The maximum Gasteiger partial charge on any atom is 0.433 e. The maximum absolute atomic E-state index is 10.5. The number of hydrogen-bond acceptors (Lipinski definition) is 9. The van der Waals surface area contributed by atoms with E-state index in [0.29, 0.717) is 12.2 Å². The molecule has 0 fully saturated rings. The van der Waals surface area contributed by atoms with Crippen LogP contribution in [0.25, 0.3) is 0 Å². The fourth-order valence-corrected chi connectivity index (χ4v) is 2.38. The van der Waals surface area contributed by atoms with E-state index in [-0.39, 0.29) is 40.4 Å². The molecular formula is C15H23N4O8P. The molecule has 0 bridgehead atoms. The van der Waals surface area contributed by atoms with Crippen molar-refractivity contribution in [3.63, 3.8) is 0 Å². The molecular weight excluding hydrogens is 395 g/mol. The largest absolute Gasteiger partial charge is 0.433 e. The highest BCUT2D eigenvalue weighted by Crippen LogP contribution is 2.22. The molecule has 0 spiro atoms. The van der Waals surface area contributed by atoms with Crippen molar-refractivity contribution < 1.29 is 33.0 Å². The van der Waals surface area contributed by atoms with Crippen molar-refractivity contribution in [2.24, 2.45) is 10.7 Å². The van der Waals surface area contributed by atoms with E-state index < -0.39 is 17.3 Å². The molecule has 1 aromatic heterocycles. The lowest BCUT2D eigenvalue weighted by Crippen LogP contribution is -2.33. The number of methoxy groups -OCH3 is 1. The number of amides is 1. The molecule has 3 atom stereocenters. The van der Waals surface area contributed by atoms with Crippen LogP contribution in [0.15, 0.2) is 33.8 Å². The van der Waals surface area contributed by atoms with Gasteiger partial charge in [-0.15, -0.1) is 0 Å². The summed E-state index contributed by atoms with van der Waals surface area (Å²) < 4.78 is 20.8. The summed E-state index contributed by atoms with van der Waals surface area (Å²) in [7, 11) is 2.77. The number of nitrogens with two attached hydrogens (primary N) is 1. The van der Waals surface area contributed by atoms with Crippen molar-refractivity contribution >= 4 is 27.2 Å². The zero-order valence-electron chi connectivity index (χ0n) is 15.4. The summed E-state index contributed by atoms with van der Waals surface area (Å²) in [6, 6.07) is 2.70. The average molecular weight is 418 g/mol. The Morgan fingerprint density at radius 2 is 2.29 bits per heavy atom. The third kappa shape index (κ3) is 9.02. The van der Waals surface area contributed by atoms with Gasteiger partial charge in [0.15, 0.2) is 9.03 Å². The molecule has 3 N–H and O–H groups in total. The lowest BCUT2D eigenvalue weighted by atomic mass is 10.2. The van der Waals surface area contributed by atoms with Gasteiger partial charge in [0.1, 0.15) is 29.4 Å². The number of nitrogens with zero attached hydrogens (tertiary/aromatic N) is 3. The van der Waals surface area contributed by atoms with Crippen molar-refractivity contribution in [2.45, 2.75) is 25.4 Å². The highest BCUT2D eigenvalue weighted by atomic mass is 31.1. The van der Waals surface area contributed by atoms with Crippen molar-refractivity contribution in [1.29, 1.82) is 0 Å². The van der Waals surface area contributed by atoms with E-state index in [1.165, 1.54) is 36.4 Å². The first-order chi connectivity index (χ1) is 13.4. The summed E-state index contributed by atoms with van der Waals surface area (Å²) in [6.07, 6.45) is 2.12. The van der Waals surface area contributed by atoms with Crippen LogP contribution >= 0.6 is 9.03 Å². The third-order valence-corrected chi connectivity index (χ3v) is 3.93. The molecule has 0 saturated heterocycles. The Morgan fingerprint density at radius 1 is 1.54 bits per heavy atom. The highest BCUT2D eigenvalue weighted by molar-refractivity contribution is 7.26. The molecule has 3 unspecified atom stereocenters. The van der Waals surface area contributed by atoms with E-state index in [1.54, 1.807) is 7.05 Å². The molecule has 1 aromatic rings. The smallest absolute Gasteiger partial charge is 0.403 e. The summed E-state index contributed by atoms with van der Waals surface area (Å²) >= 11 is 0. The van der Waals surface area contributed by atoms with Crippen LogP contribution < -0.4 is 5.73 Å². The van der Waals surface area contributed by atoms with Gasteiger partial charge < -0.3 is 33.9 Å². The van der Waals surface area contributed by atoms with Gasteiger partial charge in [-0.1, -0.05) is 0 Å². The fraction of sp³-hybridized carbons (Fsp3) is 0.467. The van der Waals surface area contributed by atoms with Crippen molar-refractivity contribution in [2.75, 3.05) is 20.8 Å². The minimum Gasteiger partial charge on any atom is -0.403 e. The summed E-state index contributed by atoms with van der Waals surface area (Å²) in [5, 5.41) is 20.7. The predicted molar refractivity (Wildman–Crippen MR) is 100 cm³/mol. The van der Waals surface area contributed by atoms with Crippen LogP contribution in [0.3, 0.4) is 0 Å². The van der Waals surface area contributed by atoms with Crippen LogP contribution in [0.4, 0.5) is 5.88 Å². The Hall–Kier alpha value is -2.37. The van der Waals surface area contributed by atoms with Gasteiger partial charge in [-0.2, -0.15) is 4.99 Å². The van der Waals surface area contributed by atoms with Gasteiger partial charge in [0.2, 0.25) is 6.41 Å². The maximum atomic E-state index is 10.5. The molecule has 13 heteroatoms. The number of carbonyl (C=O) groups excluding carboxylic acids is 1. The van der Waals surface area contributed by atoms with Crippen LogP contribution in [0, 0.1) is 10.1 Å². The molecule has 0 aliphatic heterocycles. The number of aliphatic imine (C=N–C) groups is 1. The first kappa shape index (κ1) is 23.7. The van der Waals surface area contributed by atoms with E-state index >= 15 is 0 Å². The van der Waals surface area contributed by atoms with E-state index in [9.17, 15) is 20.0 Å². The number of aliphatic hydroxyl groups is 1. The van der Waals surface area contributed by atoms with E-state index in [4.69, 9.17) is 23.9 Å². The number of hydrogen-bond donors (Lipinski definition) is 2. The Kier molecular flexibility index (Phi) is 10.9. The van der Waals surface area contributed by atoms with E-state index in [2.05, 4.69) is 4.99 Å². The first-order valence-corrected chi connectivity index (χ1v) is 8.78. The summed E-state index contributed by atoms with van der Waals surface area (Å²) in [5.74, 6) is -0.0260. The third-order valence-electron chi connectivity index (χ3n) is 3.39. The number of ether oxygens (including phenoxy) is 1. The van der Waals surface area contributed by atoms with E-state index in [0.717, 1.165) is 0 Å². The highest BCUT2D eigenvalue weighted by Gasteiger charge is 2.17. The molecule has 28 heavy (non-hydrogen) atoms. The molecule has 0 aromatic carbocycles. The number of amidine groups is 1. The van der Waals surface area contributed by atoms with Gasteiger partial charge in [-0.25, -0.2) is 0 Å². The zero-order chi connectivity index (χ0) is 20.9. The van der Waals surface area contributed by atoms with Crippen LogP contribution in [0.2, 0.25) is 0 Å². The fourth-order valence-electron chi connectivity index (χ4n) is 1.84. The average Bonchev–Trinajstić information content (AvgIpc) is 3.14. The summed E-state index contributed by atoms with van der Waals surface area (Å²) in [4.78, 5) is 24.9. The topological polar surface area (TPSA) is 163 Å². The van der Waals surface area contributed by atoms with Crippen LogP contribution in [0.1, 0.15) is 12.2 Å². The van der Waals surface area contributed by atoms with E-state index in [1.807, 2.05) is 0 Å². The molecule has 12 nitrogen and oxygen atoms in total. The Bertz CT molecular complexity index is 681. The van der Waals surface area contributed by atoms with Gasteiger partial charge >= 0.3 is 5.88 Å². The monoisotopic (exact) mass is 418 g/mol. The minimum atomic E-state index is -0.887. The van der Waals surface area contributed by atoms with Gasteiger partial charge in [0, 0.05) is 26.8 Å². The summed E-state index contributed by atoms with van der Waals surface area (Å²) in [5.41, 5.74) is 5.44. The first-order valence-electron chi connectivity index (χ1n) is 7.97. The van der Waals surface area contributed by atoms with Crippen molar-refractivity contribution in [1.82, 2.24) is 4.90 Å². The second kappa shape index (κ2) is 12.9. The Balaban J connectivity index is 2.30. The van der Waals surface area contributed by atoms with Gasteiger partial charge in [-0.3, -0.25) is 14.9 Å². The number of aliphatic hydroxyl groups excluding tert-OH is 1. The lowest BCUT2D eigenvalue weighted by molar-refractivity contribution is -0.402. The molecule has 0 aliphatic rings. The molecule has 1 heterocycles. The molecule has 0 saturated carbocycles. The van der Waals surface area contributed by atoms with Crippen LogP contribution in [0.5, 0.6) is 0 Å². The zero-order valence-corrected chi connectivity index (χ0v) is 16.4. The van der Waals surface area contributed by atoms with Gasteiger partial charge in [0.25, 0.3) is 0 Å². The summed E-state index contributed by atoms with van der Waals surface area (Å²) in [6.45, 7) is 0.195. The van der Waals surface area contributed by atoms with Crippen molar-refractivity contribution in [3.05, 3.63) is 40.3 Å². The molecule has 156 valence electrons.